The molecule has 4 amide bonds. The third-order valence-electron chi connectivity index (χ3n) is 10.2. The van der Waals surface area contributed by atoms with Gasteiger partial charge in [0.25, 0.3) is 6.47 Å². The monoisotopic (exact) mass is 878 g/mol. The molecule has 62 heavy (non-hydrogen) atoms. The predicted molar refractivity (Wildman–Crippen MR) is 225 cm³/mol. The summed E-state index contributed by atoms with van der Waals surface area (Å²) in [6, 6.07) is 6.84. The maximum Gasteiger partial charge on any atom is 0.317 e. The number of unbranched alkanes of at least 4 members (excludes halogenated alkanes) is 2. The van der Waals surface area contributed by atoms with Crippen LogP contribution < -0.4 is 16.0 Å². The summed E-state index contributed by atoms with van der Waals surface area (Å²) in [5.74, 6) is -4.44. The lowest BCUT2D eigenvalue weighted by atomic mass is 10.1. The van der Waals surface area contributed by atoms with Gasteiger partial charge in [-0.15, -0.1) is 0 Å². The van der Waals surface area contributed by atoms with E-state index in [0.29, 0.717) is 71.5 Å². The summed E-state index contributed by atoms with van der Waals surface area (Å²) < 4.78 is 5.05. The molecule has 7 N–H and O–H groups in total. The number of carbonyl (C=O) groups is 8. The minimum absolute atomic E-state index is 0.0128. The Balaban J connectivity index is 1.93. The first-order valence-corrected chi connectivity index (χ1v) is 21.1. The van der Waals surface area contributed by atoms with E-state index >= 15 is 0 Å². The summed E-state index contributed by atoms with van der Waals surface area (Å²) in [5, 5.41) is 45.3. The number of hydrogen-bond donors (Lipinski definition) is 7. The third kappa shape index (κ3) is 24.8. The number of rotatable bonds is 27. The van der Waals surface area contributed by atoms with Crippen LogP contribution in [-0.4, -0.2) is 197 Å². The van der Waals surface area contributed by atoms with Crippen molar-refractivity contribution in [2.45, 2.75) is 84.0 Å². The van der Waals surface area contributed by atoms with Crippen LogP contribution in [-0.2, 0) is 44.8 Å². The fraction of sp³-hybridized carbons (Fsp3) is 0.659. The van der Waals surface area contributed by atoms with Crippen LogP contribution in [0.1, 0.15) is 69.4 Å². The molecule has 21 heteroatoms. The molecule has 1 aliphatic heterocycles. The van der Waals surface area contributed by atoms with E-state index in [2.05, 4.69) is 16.0 Å². The van der Waals surface area contributed by atoms with Gasteiger partial charge in [-0.25, -0.2) is 4.79 Å². The Hall–Kier alpha value is -5.38. The number of nitrogens with zero attached hydrogens (tertiary/aromatic N) is 5. The van der Waals surface area contributed by atoms with Gasteiger partial charge in [-0.3, -0.25) is 53.2 Å². The summed E-state index contributed by atoms with van der Waals surface area (Å²) in [6.45, 7) is 6.46. The van der Waals surface area contributed by atoms with Crippen molar-refractivity contribution < 1.29 is 63.5 Å². The summed E-state index contributed by atoms with van der Waals surface area (Å²) in [5.41, 5.74) is 2.03. The van der Waals surface area contributed by atoms with E-state index in [9.17, 15) is 53.7 Å². The second-order valence-electron chi connectivity index (χ2n) is 15.6. The number of amides is 4. The van der Waals surface area contributed by atoms with E-state index in [4.69, 9.17) is 9.84 Å². The van der Waals surface area contributed by atoms with Gasteiger partial charge in [-0.2, -0.15) is 0 Å². The third-order valence-corrected chi connectivity index (χ3v) is 10.2. The summed E-state index contributed by atoms with van der Waals surface area (Å²) in [4.78, 5) is 104. The Bertz CT molecular complexity index is 1550. The molecule has 0 saturated carbocycles. The van der Waals surface area contributed by atoms with Crippen LogP contribution >= 0.6 is 0 Å². The second kappa shape index (κ2) is 29.8. The lowest BCUT2D eigenvalue weighted by Crippen LogP contribution is -2.49. The fourth-order valence-corrected chi connectivity index (χ4v) is 6.73. The van der Waals surface area contributed by atoms with Crippen molar-refractivity contribution in [3.63, 3.8) is 0 Å². The van der Waals surface area contributed by atoms with Gasteiger partial charge in [0.15, 0.2) is 6.23 Å². The van der Waals surface area contributed by atoms with Gasteiger partial charge in [0.1, 0.15) is 0 Å². The van der Waals surface area contributed by atoms with Crippen molar-refractivity contribution in [3.8, 4) is 0 Å². The van der Waals surface area contributed by atoms with Crippen molar-refractivity contribution in [1.29, 1.82) is 0 Å². The first kappa shape index (κ1) is 52.8. The molecule has 0 spiro atoms. The van der Waals surface area contributed by atoms with E-state index in [-0.39, 0.29) is 96.3 Å². The Morgan fingerprint density at radius 2 is 1.19 bits per heavy atom. The van der Waals surface area contributed by atoms with E-state index in [0.717, 1.165) is 11.1 Å². The van der Waals surface area contributed by atoms with Crippen LogP contribution in [0.4, 0.5) is 4.79 Å². The van der Waals surface area contributed by atoms with Crippen molar-refractivity contribution >= 4 is 48.2 Å². The van der Waals surface area contributed by atoms with Crippen molar-refractivity contribution in [3.05, 3.63) is 35.4 Å². The number of hydrogen-bond acceptors (Lipinski definition) is 13. The molecule has 0 bridgehead atoms. The van der Waals surface area contributed by atoms with Gasteiger partial charge < -0.3 is 46.0 Å². The summed E-state index contributed by atoms with van der Waals surface area (Å²) in [7, 11) is 0. The van der Waals surface area contributed by atoms with E-state index < -0.39 is 42.2 Å². The zero-order chi connectivity index (χ0) is 45.9. The average molecular weight is 879 g/mol. The van der Waals surface area contributed by atoms with Gasteiger partial charge in [0.2, 0.25) is 11.8 Å². The summed E-state index contributed by atoms with van der Waals surface area (Å²) >= 11 is 0. The zero-order valence-electron chi connectivity index (χ0n) is 36.0. The highest BCUT2D eigenvalue weighted by Gasteiger charge is 2.22. The highest BCUT2D eigenvalue weighted by Crippen LogP contribution is 2.13. The minimum Gasteiger partial charge on any atom is -0.481 e. The molecule has 21 nitrogen and oxygen atoms in total. The Morgan fingerprint density at radius 3 is 1.68 bits per heavy atom. The smallest absolute Gasteiger partial charge is 0.317 e. The maximum absolute atomic E-state index is 13.5. The molecule has 1 aliphatic rings. The first-order valence-electron chi connectivity index (χ1n) is 21.1. The highest BCUT2D eigenvalue weighted by molar-refractivity contribution is 5.78. The van der Waals surface area contributed by atoms with Crippen LogP contribution in [0.25, 0.3) is 0 Å². The summed E-state index contributed by atoms with van der Waals surface area (Å²) in [6.07, 6.45) is 1.80. The zero-order valence-corrected chi connectivity index (χ0v) is 36.0. The molecule has 1 fully saturated rings. The van der Waals surface area contributed by atoms with Crippen molar-refractivity contribution in [2.24, 2.45) is 0 Å². The van der Waals surface area contributed by atoms with E-state index in [1.165, 1.54) is 0 Å². The van der Waals surface area contributed by atoms with E-state index in [1.807, 2.05) is 36.1 Å². The molecule has 0 radical (unpaired) electrons. The van der Waals surface area contributed by atoms with Gasteiger partial charge >= 0.3 is 29.9 Å². The fourth-order valence-electron chi connectivity index (χ4n) is 6.73. The number of urea groups is 1. The van der Waals surface area contributed by atoms with Crippen LogP contribution in [0, 0.1) is 6.92 Å². The molecule has 1 aromatic rings. The Kier molecular flexibility index (Phi) is 25.4. The number of ether oxygens (including phenoxy) is 1. The second-order valence-corrected chi connectivity index (χ2v) is 15.6. The van der Waals surface area contributed by atoms with Crippen molar-refractivity contribution in [2.75, 3.05) is 91.6 Å². The lowest BCUT2D eigenvalue weighted by Gasteiger charge is -2.32. The molecular formula is C41H66N8O13. The lowest BCUT2D eigenvalue weighted by molar-refractivity contribution is -0.140. The number of aliphatic carboxylic acids is 4. The van der Waals surface area contributed by atoms with Crippen LogP contribution in [0.15, 0.2) is 24.3 Å². The van der Waals surface area contributed by atoms with E-state index in [1.54, 1.807) is 26.5 Å². The molecular weight excluding hydrogens is 812 g/mol. The SMILES string of the molecule is Cc1ccc(CN(CCCC[C@@H](NC(=O)N[C@@H](C)CCC(=O)O)OC=O)C(=O)CCCCNC(=O)CN2CCN(CC(=O)O)CCN(CC(=O)O)CCN(CC(=O)O)CC2)cc1. The van der Waals surface area contributed by atoms with Crippen molar-refractivity contribution in [1.82, 2.24) is 40.4 Å². The van der Waals surface area contributed by atoms with Crippen LogP contribution in [0.3, 0.4) is 0 Å². The topological polar surface area (TPSA) is 279 Å². The molecule has 0 unspecified atom stereocenters. The molecule has 2 rings (SSSR count). The number of nitrogens with one attached hydrogen (secondary N) is 3. The number of carboxylic acids is 4. The van der Waals surface area contributed by atoms with Gasteiger partial charge in [0, 0.05) is 97.3 Å². The standard InChI is InChI=1S/C41H66N8O13/c1-31-9-12-33(13-10-31)25-49(16-6-4-7-35(62-30-50)44-41(61)43-32(2)11-14-37(53)54)36(52)8-3-5-15-42-34(51)26-45-17-19-46(27-38(55)56)21-23-48(29-40(59)60)24-22-47(20-18-45)28-39(57)58/h9-10,12-13,30,32,35H,3-8,11,14-29H2,1-2H3,(H,42,51)(H,53,54)(H,55,56)(H,57,58)(H,59,60)(H2,43,44,61)/t32-,35-/m0/s1. The Labute approximate surface area is 362 Å². The quantitative estimate of drug-likeness (QED) is 0.0356. The van der Waals surface area contributed by atoms with Gasteiger partial charge in [-0.1, -0.05) is 29.8 Å². The Morgan fingerprint density at radius 1 is 0.677 bits per heavy atom. The number of carboxylic acid groups (broad SMARTS) is 4. The largest absolute Gasteiger partial charge is 0.481 e. The average Bonchev–Trinajstić information content (AvgIpc) is 3.19. The predicted octanol–water partition coefficient (Wildman–Crippen LogP) is 0.307. The molecule has 1 saturated heterocycles. The van der Waals surface area contributed by atoms with Gasteiger partial charge in [-0.05, 0) is 51.5 Å². The number of aryl methyl sites for hydroxylation is 1. The molecule has 1 heterocycles. The van der Waals surface area contributed by atoms with Gasteiger partial charge in [0.05, 0.1) is 26.2 Å². The maximum atomic E-state index is 13.5. The van der Waals surface area contributed by atoms with Crippen LogP contribution in [0.5, 0.6) is 0 Å². The molecule has 1 aromatic carbocycles. The molecule has 348 valence electrons. The molecule has 0 aliphatic carbocycles. The highest BCUT2D eigenvalue weighted by atomic mass is 16.5. The first-order chi connectivity index (χ1) is 29.5. The van der Waals surface area contributed by atoms with Crippen LogP contribution in [0.2, 0.25) is 0 Å². The minimum atomic E-state index is -1.04. The number of carbonyl (C=O) groups excluding carboxylic acids is 4. The number of benzene rings is 1. The normalized spacial score (nSPS) is 15.8. The molecule has 0 aromatic heterocycles. The molecule has 2 atom stereocenters.